The highest BCUT2D eigenvalue weighted by Crippen LogP contribution is 2.38. The van der Waals surface area contributed by atoms with Crippen LogP contribution in [0.5, 0.6) is 5.75 Å². The van der Waals surface area contributed by atoms with Crippen LogP contribution < -0.4 is 4.74 Å². The maximum Gasteiger partial charge on any atom is 0.329 e. The molecule has 1 aliphatic heterocycles. The predicted octanol–water partition coefficient (Wildman–Crippen LogP) is 6.71. The molecule has 1 atom stereocenters. The summed E-state index contributed by atoms with van der Waals surface area (Å²) in [5.74, 6) is -0.902. The van der Waals surface area contributed by atoms with E-state index in [0.29, 0.717) is 11.3 Å². The summed E-state index contributed by atoms with van der Waals surface area (Å²) in [6.07, 6.45) is 1.51. The Morgan fingerprint density at radius 3 is 2.49 bits per heavy atom. The van der Waals surface area contributed by atoms with Gasteiger partial charge in [-0.25, -0.2) is 4.79 Å². The Hall–Kier alpha value is -3.00. The molecule has 180 valence electrons. The molecule has 2 amide bonds. The molecular formula is C26H21Cl2NO5S. The van der Waals surface area contributed by atoms with E-state index in [0.717, 1.165) is 33.0 Å². The summed E-state index contributed by atoms with van der Waals surface area (Å²) in [4.78, 5) is 38.2. The molecule has 35 heavy (non-hydrogen) atoms. The van der Waals surface area contributed by atoms with Gasteiger partial charge in [0.2, 0.25) is 0 Å². The van der Waals surface area contributed by atoms with Crippen molar-refractivity contribution in [1.82, 2.24) is 4.90 Å². The number of amides is 2. The number of benzene rings is 3. The van der Waals surface area contributed by atoms with Gasteiger partial charge in [-0.1, -0.05) is 65.7 Å². The van der Waals surface area contributed by atoms with E-state index in [1.807, 2.05) is 42.5 Å². The molecule has 3 aromatic carbocycles. The van der Waals surface area contributed by atoms with E-state index in [4.69, 9.17) is 32.7 Å². The minimum absolute atomic E-state index is 0.154. The van der Waals surface area contributed by atoms with Crippen LogP contribution in [0.4, 0.5) is 4.79 Å². The number of halogens is 2. The quantitative estimate of drug-likeness (QED) is 0.250. The highest BCUT2D eigenvalue weighted by atomic mass is 35.5. The molecule has 0 unspecified atom stereocenters. The monoisotopic (exact) mass is 529 g/mol. The highest BCUT2D eigenvalue weighted by molar-refractivity contribution is 8.18. The van der Waals surface area contributed by atoms with Gasteiger partial charge in [0, 0.05) is 0 Å². The molecule has 1 aliphatic rings. The molecule has 0 bridgehead atoms. The molecule has 0 aliphatic carbocycles. The standard InChI is InChI=1S/C26H21Cl2NO5S/c1-3-33-25(31)15(2)29-24(30)22(35-26(29)32)13-16-11-20(27)23(21(28)12-16)34-14-18-9-6-8-17-7-4-5-10-19(17)18/h4-13,15H,3,14H2,1-2H3/b22-13+/t15-/m0/s1. The van der Waals surface area contributed by atoms with Crippen LogP contribution >= 0.6 is 35.0 Å². The average molecular weight is 530 g/mol. The van der Waals surface area contributed by atoms with Crippen molar-refractivity contribution >= 4 is 68.9 Å². The lowest BCUT2D eigenvalue weighted by atomic mass is 10.1. The third-order valence-electron chi connectivity index (χ3n) is 5.41. The fourth-order valence-corrected chi connectivity index (χ4v) is 5.22. The van der Waals surface area contributed by atoms with E-state index in [-0.39, 0.29) is 28.2 Å². The second kappa shape index (κ2) is 10.7. The minimum Gasteiger partial charge on any atom is -0.486 e. The van der Waals surface area contributed by atoms with Gasteiger partial charge < -0.3 is 9.47 Å². The summed E-state index contributed by atoms with van der Waals surface area (Å²) in [6.45, 7) is 3.53. The number of imide groups is 1. The Balaban J connectivity index is 1.53. The van der Waals surface area contributed by atoms with Crippen molar-refractivity contribution < 1.29 is 23.9 Å². The van der Waals surface area contributed by atoms with Crippen LogP contribution in [0.1, 0.15) is 25.0 Å². The molecule has 9 heteroatoms. The van der Waals surface area contributed by atoms with E-state index in [1.165, 1.54) is 13.0 Å². The first kappa shape index (κ1) is 25.1. The molecule has 0 aromatic heterocycles. The summed E-state index contributed by atoms with van der Waals surface area (Å²) in [7, 11) is 0. The smallest absolute Gasteiger partial charge is 0.329 e. The van der Waals surface area contributed by atoms with Crippen LogP contribution in [0.15, 0.2) is 59.5 Å². The van der Waals surface area contributed by atoms with Crippen molar-refractivity contribution in [2.45, 2.75) is 26.5 Å². The number of fused-ring (bicyclic) bond motifs is 1. The van der Waals surface area contributed by atoms with Crippen molar-refractivity contribution in [2.75, 3.05) is 6.61 Å². The Kier molecular flexibility index (Phi) is 7.69. The summed E-state index contributed by atoms with van der Waals surface area (Å²) in [6, 6.07) is 16.2. The fourth-order valence-electron chi connectivity index (χ4n) is 3.70. The normalized spacial score (nSPS) is 15.7. The lowest BCUT2D eigenvalue weighted by Crippen LogP contribution is -2.42. The van der Waals surface area contributed by atoms with Crippen molar-refractivity contribution in [1.29, 1.82) is 0 Å². The maximum atomic E-state index is 12.8. The summed E-state index contributed by atoms with van der Waals surface area (Å²) >= 11 is 13.7. The zero-order valence-electron chi connectivity index (χ0n) is 18.9. The Labute approximate surface area is 216 Å². The molecule has 1 fully saturated rings. The van der Waals surface area contributed by atoms with Crippen molar-refractivity contribution in [3.05, 3.63) is 80.7 Å². The van der Waals surface area contributed by atoms with Crippen LogP contribution in [-0.2, 0) is 20.9 Å². The number of rotatable bonds is 7. The Bertz CT molecular complexity index is 1330. The van der Waals surface area contributed by atoms with Crippen LogP contribution in [0.25, 0.3) is 16.8 Å². The zero-order chi connectivity index (χ0) is 25.1. The lowest BCUT2D eigenvalue weighted by Gasteiger charge is -2.19. The second-order valence-electron chi connectivity index (χ2n) is 7.72. The van der Waals surface area contributed by atoms with E-state index >= 15 is 0 Å². The number of nitrogens with zero attached hydrogens (tertiary/aromatic N) is 1. The largest absolute Gasteiger partial charge is 0.486 e. The number of ether oxygens (including phenoxy) is 2. The SMILES string of the molecule is CCOC(=O)[C@H](C)N1C(=O)S/C(=C/c2cc(Cl)c(OCc3cccc4ccccc34)c(Cl)c2)C1=O. The molecule has 1 heterocycles. The van der Waals surface area contributed by atoms with Gasteiger partial charge in [0.15, 0.2) is 5.75 Å². The summed E-state index contributed by atoms with van der Waals surface area (Å²) in [5.41, 5.74) is 1.51. The fraction of sp³-hybridized carbons (Fsp3) is 0.192. The summed E-state index contributed by atoms with van der Waals surface area (Å²) in [5, 5.41) is 2.17. The minimum atomic E-state index is -1.02. The molecule has 1 saturated heterocycles. The molecule has 4 rings (SSSR count). The van der Waals surface area contributed by atoms with Crippen LogP contribution in [0, 0.1) is 0 Å². The van der Waals surface area contributed by atoms with Crippen molar-refractivity contribution in [2.24, 2.45) is 0 Å². The Morgan fingerprint density at radius 1 is 1.09 bits per heavy atom. The molecule has 0 N–H and O–H groups in total. The van der Waals surface area contributed by atoms with E-state index in [1.54, 1.807) is 19.1 Å². The molecule has 6 nitrogen and oxygen atoms in total. The molecule has 0 spiro atoms. The Morgan fingerprint density at radius 2 is 1.77 bits per heavy atom. The first-order valence-electron chi connectivity index (χ1n) is 10.8. The van der Waals surface area contributed by atoms with Crippen LogP contribution in [0.3, 0.4) is 0 Å². The molecule has 0 saturated carbocycles. The van der Waals surface area contributed by atoms with Crippen molar-refractivity contribution in [3.63, 3.8) is 0 Å². The van der Waals surface area contributed by atoms with Gasteiger partial charge in [0.25, 0.3) is 11.1 Å². The van der Waals surface area contributed by atoms with E-state index in [9.17, 15) is 14.4 Å². The van der Waals surface area contributed by atoms with Gasteiger partial charge in [-0.3, -0.25) is 14.5 Å². The van der Waals surface area contributed by atoms with E-state index in [2.05, 4.69) is 0 Å². The van der Waals surface area contributed by atoms with Gasteiger partial charge in [-0.05, 0) is 65.7 Å². The van der Waals surface area contributed by atoms with Crippen LogP contribution in [-0.4, -0.2) is 34.7 Å². The number of esters is 1. The van der Waals surface area contributed by atoms with Gasteiger partial charge in [-0.2, -0.15) is 0 Å². The van der Waals surface area contributed by atoms with E-state index < -0.39 is 23.2 Å². The number of carbonyl (C=O) groups is 3. The predicted molar refractivity (Wildman–Crippen MR) is 139 cm³/mol. The number of thioether (sulfide) groups is 1. The average Bonchev–Trinajstić information content (AvgIpc) is 3.10. The lowest BCUT2D eigenvalue weighted by molar-refractivity contribution is -0.150. The molecule has 0 radical (unpaired) electrons. The van der Waals surface area contributed by atoms with Gasteiger partial charge in [0.05, 0.1) is 21.6 Å². The third-order valence-corrected chi connectivity index (χ3v) is 6.85. The highest BCUT2D eigenvalue weighted by Gasteiger charge is 2.41. The topological polar surface area (TPSA) is 72.9 Å². The molecule has 3 aromatic rings. The van der Waals surface area contributed by atoms with Gasteiger partial charge in [-0.15, -0.1) is 0 Å². The summed E-state index contributed by atoms with van der Waals surface area (Å²) < 4.78 is 10.9. The van der Waals surface area contributed by atoms with Gasteiger partial charge in [0.1, 0.15) is 12.6 Å². The number of hydrogen-bond acceptors (Lipinski definition) is 6. The number of hydrogen-bond donors (Lipinski definition) is 0. The first-order chi connectivity index (χ1) is 16.8. The van der Waals surface area contributed by atoms with Gasteiger partial charge >= 0.3 is 5.97 Å². The zero-order valence-corrected chi connectivity index (χ0v) is 21.2. The number of carbonyl (C=O) groups excluding carboxylic acids is 3. The van der Waals surface area contributed by atoms with Crippen molar-refractivity contribution in [3.8, 4) is 5.75 Å². The maximum absolute atomic E-state index is 12.8. The molecular weight excluding hydrogens is 509 g/mol. The van der Waals surface area contributed by atoms with Crippen LogP contribution in [0.2, 0.25) is 10.0 Å². The third kappa shape index (κ3) is 5.32. The first-order valence-corrected chi connectivity index (χ1v) is 12.4. The second-order valence-corrected chi connectivity index (χ2v) is 9.53.